The first-order valence-corrected chi connectivity index (χ1v) is 7.26. The summed E-state index contributed by atoms with van der Waals surface area (Å²) in [7, 11) is 0. The molecule has 1 fully saturated rings. The molecule has 110 valence electrons. The molecule has 2 rings (SSSR count). The summed E-state index contributed by atoms with van der Waals surface area (Å²) in [5, 5.41) is 4.23. The van der Waals surface area contributed by atoms with Crippen molar-refractivity contribution in [3.05, 3.63) is 22.6 Å². The molecule has 0 radical (unpaired) electrons. The molecule has 2 heterocycles. The number of morpholine rings is 1. The molecule has 1 aliphatic heterocycles. The molecular weight excluding hydrogens is 276 g/mol. The van der Waals surface area contributed by atoms with E-state index in [0.29, 0.717) is 24.7 Å². The zero-order valence-electron chi connectivity index (χ0n) is 11.5. The van der Waals surface area contributed by atoms with Crippen LogP contribution in [0.3, 0.4) is 0 Å². The number of unbranched alkanes of at least 4 members (excludes halogenated alkanes) is 1. The Morgan fingerprint density at radius 1 is 1.40 bits per heavy atom. The summed E-state index contributed by atoms with van der Waals surface area (Å²) in [4.78, 5) is 14.6. The molecule has 7 heteroatoms. The van der Waals surface area contributed by atoms with Crippen molar-refractivity contribution in [3.8, 4) is 0 Å². The standard InChI is InChI=1S/C13H20N4O2S/c14-12(20)3-1-2-4-17-13(18)9-11(10-15-17)16-5-7-19-8-6-16/h9-10H,1-8H2,(H2,14,20). The number of anilines is 1. The van der Waals surface area contributed by atoms with Crippen LogP contribution in [-0.4, -0.2) is 41.1 Å². The van der Waals surface area contributed by atoms with Gasteiger partial charge in [-0.15, -0.1) is 0 Å². The summed E-state index contributed by atoms with van der Waals surface area (Å²) >= 11 is 4.82. The summed E-state index contributed by atoms with van der Waals surface area (Å²) in [5.74, 6) is 0. The number of aromatic nitrogens is 2. The van der Waals surface area contributed by atoms with E-state index in [1.807, 2.05) is 0 Å². The number of hydrogen-bond donors (Lipinski definition) is 1. The maximum absolute atomic E-state index is 12.0. The number of nitrogens with two attached hydrogens (primary N) is 1. The van der Waals surface area contributed by atoms with Crippen LogP contribution in [0.15, 0.2) is 17.1 Å². The summed E-state index contributed by atoms with van der Waals surface area (Å²) < 4.78 is 6.78. The van der Waals surface area contributed by atoms with Gasteiger partial charge in [-0.05, 0) is 19.3 Å². The smallest absolute Gasteiger partial charge is 0.268 e. The van der Waals surface area contributed by atoms with E-state index in [1.54, 1.807) is 12.3 Å². The molecule has 0 saturated carbocycles. The molecule has 1 aromatic heterocycles. The second kappa shape index (κ2) is 7.35. The second-order valence-corrected chi connectivity index (χ2v) is 5.32. The quantitative estimate of drug-likeness (QED) is 0.610. The molecule has 0 amide bonds. The molecule has 6 nitrogen and oxygen atoms in total. The zero-order chi connectivity index (χ0) is 14.4. The van der Waals surface area contributed by atoms with Crippen LogP contribution in [0.25, 0.3) is 0 Å². The van der Waals surface area contributed by atoms with Gasteiger partial charge in [0.25, 0.3) is 5.56 Å². The Balaban J connectivity index is 1.91. The molecule has 0 aliphatic carbocycles. The maximum Gasteiger partial charge on any atom is 0.268 e. The predicted molar refractivity (Wildman–Crippen MR) is 82.2 cm³/mol. The van der Waals surface area contributed by atoms with E-state index in [0.717, 1.165) is 38.0 Å². The van der Waals surface area contributed by atoms with Gasteiger partial charge in [-0.3, -0.25) is 4.79 Å². The number of aryl methyl sites for hydroxylation is 1. The van der Waals surface area contributed by atoms with Crippen LogP contribution >= 0.6 is 12.2 Å². The lowest BCUT2D eigenvalue weighted by molar-refractivity contribution is 0.122. The van der Waals surface area contributed by atoms with Crippen LogP contribution in [0.1, 0.15) is 19.3 Å². The lowest BCUT2D eigenvalue weighted by Crippen LogP contribution is -2.37. The van der Waals surface area contributed by atoms with Crippen molar-refractivity contribution in [1.82, 2.24) is 9.78 Å². The van der Waals surface area contributed by atoms with E-state index in [-0.39, 0.29) is 5.56 Å². The molecule has 2 N–H and O–H groups in total. The number of rotatable bonds is 6. The van der Waals surface area contributed by atoms with Gasteiger partial charge < -0.3 is 15.4 Å². The van der Waals surface area contributed by atoms with Crippen molar-refractivity contribution in [1.29, 1.82) is 0 Å². The van der Waals surface area contributed by atoms with Crippen LogP contribution < -0.4 is 16.2 Å². The lowest BCUT2D eigenvalue weighted by Gasteiger charge is -2.28. The van der Waals surface area contributed by atoms with Crippen LogP contribution in [0.4, 0.5) is 5.69 Å². The number of hydrogen-bond acceptors (Lipinski definition) is 5. The molecule has 0 aromatic carbocycles. The highest BCUT2D eigenvalue weighted by molar-refractivity contribution is 7.80. The monoisotopic (exact) mass is 296 g/mol. The van der Waals surface area contributed by atoms with Gasteiger partial charge in [0.2, 0.25) is 0 Å². The van der Waals surface area contributed by atoms with Gasteiger partial charge in [0.05, 0.1) is 30.1 Å². The SMILES string of the molecule is NC(=S)CCCCn1ncc(N2CCOCC2)cc1=O. The Morgan fingerprint density at radius 2 is 2.15 bits per heavy atom. The van der Waals surface area contributed by atoms with Gasteiger partial charge in [-0.25, -0.2) is 4.68 Å². The van der Waals surface area contributed by atoms with Crippen molar-refractivity contribution in [3.63, 3.8) is 0 Å². The van der Waals surface area contributed by atoms with Gasteiger partial charge >= 0.3 is 0 Å². The average Bonchev–Trinajstić information content (AvgIpc) is 2.45. The fourth-order valence-electron chi connectivity index (χ4n) is 2.15. The molecular formula is C13H20N4O2S. The van der Waals surface area contributed by atoms with Gasteiger partial charge in [-0.2, -0.15) is 5.10 Å². The topological polar surface area (TPSA) is 73.4 Å². The molecule has 1 aliphatic rings. The van der Waals surface area contributed by atoms with Crippen LogP contribution in [-0.2, 0) is 11.3 Å². The van der Waals surface area contributed by atoms with Gasteiger partial charge in [0, 0.05) is 25.7 Å². The Bertz CT molecular complexity index is 511. The molecule has 0 unspecified atom stereocenters. The molecule has 0 bridgehead atoms. The van der Waals surface area contributed by atoms with Crippen LogP contribution in [0, 0.1) is 0 Å². The highest BCUT2D eigenvalue weighted by Crippen LogP contribution is 2.11. The van der Waals surface area contributed by atoms with E-state index < -0.39 is 0 Å². The minimum absolute atomic E-state index is 0.0654. The summed E-state index contributed by atoms with van der Waals surface area (Å²) in [6, 6.07) is 1.64. The second-order valence-electron chi connectivity index (χ2n) is 4.80. The third-order valence-electron chi connectivity index (χ3n) is 3.27. The minimum atomic E-state index is -0.0654. The fourth-order valence-corrected chi connectivity index (χ4v) is 2.29. The van der Waals surface area contributed by atoms with Gasteiger partial charge in [0.15, 0.2) is 0 Å². The Kier molecular flexibility index (Phi) is 5.49. The van der Waals surface area contributed by atoms with E-state index in [1.165, 1.54) is 4.68 Å². The largest absolute Gasteiger partial charge is 0.393 e. The number of nitrogens with zero attached hydrogens (tertiary/aromatic N) is 3. The van der Waals surface area contributed by atoms with Crippen molar-refractivity contribution < 1.29 is 4.74 Å². The first-order valence-electron chi connectivity index (χ1n) is 6.85. The first-order chi connectivity index (χ1) is 9.66. The Hall–Kier alpha value is -1.47. The van der Waals surface area contributed by atoms with Gasteiger partial charge in [-0.1, -0.05) is 12.2 Å². The normalized spacial score (nSPS) is 15.3. The lowest BCUT2D eigenvalue weighted by atomic mass is 10.2. The number of ether oxygens (including phenoxy) is 1. The van der Waals surface area contributed by atoms with E-state index >= 15 is 0 Å². The Morgan fingerprint density at radius 3 is 2.80 bits per heavy atom. The molecule has 1 aromatic rings. The third kappa shape index (κ3) is 4.28. The van der Waals surface area contributed by atoms with Crippen molar-refractivity contribution in [2.75, 3.05) is 31.2 Å². The van der Waals surface area contributed by atoms with Crippen LogP contribution in [0.5, 0.6) is 0 Å². The summed E-state index contributed by atoms with van der Waals surface area (Å²) in [6.45, 7) is 3.60. The number of thiocarbonyl (C=S) groups is 1. The van der Waals surface area contributed by atoms with Crippen LogP contribution in [0.2, 0.25) is 0 Å². The summed E-state index contributed by atoms with van der Waals surface area (Å²) in [5.41, 5.74) is 6.24. The molecule has 1 saturated heterocycles. The first kappa shape index (κ1) is 14.9. The zero-order valence-corrected chi connectivity index (χ0v) is 12.3. The Labute approximate surface area is 123 Å². The van der Waals surface area contributed by atoms with Crippen molar-refractivity contribution >= 4 is 22.9 Å². The van der Waals surface area contributed by atoms with E-state index in [4.69, 9.17) is 22.7 Å². The average molecular weight is 296 g/mol. The molecule has 20 heavy (non-hydrogen) atoms. The molecule has 0 atom stereocenters. The third-order valence-corrected chi connectivity index (χ3v) is 3.48. The van der Waals surface area contributed by atoms with E-state index in [2.05, 4.69) is 10.00 Å². The summed E-state index contributed by atoms with van der Waals surface area (Å²) in [6.07, 6.45) is 4.20. The van der Waals surface area contributed by atoms with Gasteiger partial charge in [0.1, 0.15) is 0 Å². The van der Waals surface area contributed by atoms with Crippen molar-refractivity contribution in [2.45, 2.75) is 25.8 Å². The maximum atomic E-state index is 12.0. The highest BCUT2D eigenvalue weighted by atomic mass is 32.1. The van der Waals surface area contributed by atoms with Crippen molar-refractivity contribution in [2.24, 2.45) is 5.73 Å². The van der Waals surface area contributed by atoms with E-state index in [9.17, 15) is 4.79 Å². The molecule has 0 spiro atoms. The minimum Gasteiger partial charge on any atom is -0.393 e. The highest BCUT2D eigenvalue weighted by Gasteiger charge is 2.12. The fraction of sp³-hybridized carbons (Fsp3) is 0.615. The predicted octanol–water partition coefficient (Wildman–Crippen LogP) is 0.536.